The van der Waals surface area contributed by atoms with Crippen LogP contribution in [0.15, 0.2) is 63.8 Å². The summed E-state index contributed by atoms with van der Waals surface area (Å²) in [6.45, 7) is 2.56. The Labute approximate surface area is 164 Å². The van der Waals surface area contributed by atoms with Crippen LogP contribution in [-0.2, 0) is 13.2 Å². The zero-order valence-corrected chi connectivity index (χ0v) is 16.1. The predicted molar refractivity (Wildman–Crippen MR) is 106 cm³/mol. The Morgan fingerprint density at radius 3 is 2.43 bits per heavy atom. The first-order valence-electron chi connectivity index (χ1n) is 9.04. The molecular formula is C21H23N5O2. The largest absolute Gasteiger partial charge is 0.438 e. The Morgan fingerprint density at radius 2 is 1.79 bits per heavy atom. The molecular weight excluding hydrogens is 354 g/mol. The molecule has 0 aliphatic rings. The summed E-state index contributed by atoms with van der Waals surface area (Å²) in [6, 6.07) is 19.0. The molecule has 0 aliphatic carbocycles. The van der Waals surface area contributed by atoms with E-state index in [1.54, 1.807) is 12.1 Å². The molecule has 0 unspecified atom stereocenters. The van der Waals surface area contributed by atoms with Gasteiger partial charge in [0.1, 0.15) is 6.67 Å². The van der Waals surface area contributed by atoms with E-state index >= 15 is 0 Å². The number of benzene rings is 2. The van der Waals surface area contributed by atoms with Gasteiger partial charge >= 0.3 is 5.76 Å². The van der Waals surface area contributed by atoms with Gasteiger partial charge in [0.2, 0.25) is 5.89 Å². The number of aromatic nitrogens is 2. The molecule has 0 fully saturated rings. The SMILES string of the molecule is CN(C)CCN(Cc1ccc(C#N)cc1)Cn1nc(-c2ccccc2)oc1=O. The lowest BCUT2D eigenvalue weighted by Crippen LogP contribution is -2.35. The van der Waals surface area contributed by atoms with Crippen molar-refractivity contribution in [2.24, 2.45) is 0 Å². The first-order valence-corrected chi connectivity index (χ1v) is 9.04. The van der Waals surface area contributed by atoms with Gasteiger partial charge in [0.15, 0.2) is 0 Å². The number of nitriles is 1. The van der Waals surface area contributed by atoms with Crippen LogP contribution in [0.3, 0.4) is 0 Å². The molecule has 0 radical (unpaired) electrons. The van der Waals surface area contributed by atoms with E-state index in [1.807, 2.05) is 56.6 Å². The fourth-order valence-corrected chi connectivity index (χ4v) is 2.77. The Kier molecular flexibility index (Phi) is 6.37. The smallest absolute Gasteiger partial charge is 0.388 e. The van der Waals surface area contributed by atoms with Gasteiger partial charge in [0.05, 0.1) is 11.6 Å². The van der Waals surface area contributed by atoms with Crippen LogP contribution in [0, 0.1) is 11.3 Å². The van der Waals surface area contributed by atoms with Crippen LogP contribution < -0.4 is 5.76 Å². The van der Waals surface area contributed by atoms with Crippen molar-refractivity contribution in [2.45, 2.75) is 13.2 Å². The van der Waals surface area contributed by atoms with Crippen molar-refractivity contribution in [1.82, 2.24) is 19.6 Å². The third-order valence-corrected chi connectivity index (χ3v) is 4.31. The van der Waals surface area contributed by atoms with E-state index < -0.39 is 5.76 Å². The van der Waals surface area contributed by atoms with Crippen molar-refractivity contribution in [3.63, 3.8) is 0 Å². The van der Waals surface area contributed by atoms with Crippen LogP contribution in [0.1, 0.15) is 11.1 Å². The lowest BCUT2D eigenvalue weighted by molar-refractivity contribution is 0.174. The van der Waals surface area contributed by atoms with Gasteiger partial charge in [0, 0.05) is 25.2 Å². The van der Waals surface area contributed by atoms with Crippen LogP contribution in [0.5, 0.6) is 0 Å². The van der Waals surface area contributed by atoms with Gasteiger partial charge in [-0.1, -0.05) is 30.3 Å². The molecule has 7 nitrogen and oxygen atoms in total. The molecule has 3 aromatic rings. The molecule has 0 saturated heterocycles. The quantitative estimate of drug-likeness (QED) is 0.600. The van der Waals surface area contributed by atoms with Crippen LogP contribution >= 0.6 is 0 Å². The van der Waals surface area contributed by atoms with E-state index in [0.29, 0.717) is 24.7 Å². The van der Waals surface area contributed by atoms with Crippen LogP contribution in [-0.4, -0.2) is 46.8 Å². The van der Waals surface area contributed by atoms with E-state index in [2.05, 4.69) is 21.0 Å². The highest BCUT2D eigenvalue weighted by atomic mass is 16.4. The number of likely N-dealkylation sites (N-methyl/N-ethyl adjacent to an activating group) is 1. The number of nitrogens with zero attached hydrogens (tertiary/aromatic N) is 5. The summed E-state index contributed by atoms with van der Waals surface area (Å²) in [5.41, 5.74) is 2.46. The molecule has 1 aromatic heterocycles. The Bertz CT molecular complexity index is 984. The second kappa shape index (κ2) is 9.13. The van der Waals surface area contributed by atoms with Crippen molar-refractivity contribution in [3.05, 3.63) is 76.3 Å². The average molecular weight is 377 g/mol. The minimum Gasteiger partial charge on any atom is -0.388 e. The second-order valence-electron chi connectivity index (χ2n) is 6.84. The van der Waals surface area contributed by atoms with Gasteiger partial charge in [-0.2, -0.15) is 9.94 Å². The van der Waals surface area contributed by atoms with Crippen molar-refractivity contribution in [2.75, 3.05) is 27.2 Å². The Balaban J connectivity index is 1.78. The maximum Gasteiger partial charge on any atom is 0.438 e. The molecule has 7 heteroatoms. The monoisotopic (exact) mass is 377 g/mol. The first kappa shape index (κ1) is 19.5. The van der Waals surface area contributed by atoms with Gasteiger partial charge in [0.25, 0.3) is 0 Å². The lowest BCUT2D eigenvalue weighted by Gasteiger charge is -2.23. The minimum atomic E-state index is -0.478. The second-order valence-corrected chi connectivity index (χ2v) is 6.84. The Hall–Kier alpha value is -3.21. The topological polar surface area (TPSA) is 78.3 Å². The fourth-order valence-electron chi connectivity index (χ4n) is 2.77. The number of hydrogen-bond donors (Lipinski definition) is 0. The van der Waals surface area contributed by atoms with Gasteiger partial charge < -0.3 is 9.32 Å². The van der Waals surface area contributed by atoms with Crippen LogP contribution in [0.2, 0.25) is 0 Å². The summed E-state index contributed by atoms with van der Waals surface area (Å²) in [5.74, 6) is -0.162. The Morgan fingerprint density at radius 1 is 1.07 bits per heavy atom. The summed E-state index contributed by atoms with van der Waals surface area (Å²) < 4.78 is 6.68. The van der Waals surface area contributed by atoms with E-state index in [1.165, 1.54) is 4.68 Å². The zero-order chi connectivity index (χ0) is 19.9. The van der Waals surface area contributed by atoms with Crippen LogP contribution in [0.25, 0.3) is 11.5 Å². The fraction of sp³-hybridized carbons (Fsp3) is 0.286. The third-order valence-electron chi connectivity index (χ3n) is 4.31. The number of rotatable bonds is 8. The molecule has 3 rings (SSSR count). The maximum absolute atomic E-state index is 12.3. The van der Waals surface area contributed by atoms with E-state index in [4.69, 9.17) is 9.68 Å². The summed E-state index contributed by atoms with van der Waals surface area (Å²) in [7, 11) is 4.02. The molecule has 0 atom stereocenters. The lowest BCUT2D eigenvalue weighted by atomic mass is 10.1. The molecule has 0 amide bonds. The van der Waals surface area contributed by atoms with E-state index in [0.717, 1.165) is 24.2 Å². The van der Waals surface area contributed by atoms with Crippen molar-refractivity contribution in [3.8, 4) is 17.5 Å². The molecule has 0 spiro atoms. The predicted octanol–water partition coefficient (Wildman–Crippen LogP) is 2.40. The van der Waals surface area contributed by atoms with Gasteiger partial charge in [-0.25, -0.2) is 4.79 Å². The molecule has 0 bridgehead atoms. The highest BCUT2D eigenvalue weighted by Crippen LogP contribution is 2.14. The minimum absolute atomic E-state index is 0.316. The highest BCUT2D eigenvalue weighted by Gasteiger charge is 2.14. The van der Waals surface area contributed by atoms with Gasteiger partial charge in [-0.3, -0.25) is 4.90 Å². The molecule has 0 N–H and O–H groups in total. The molecule has 2 aromatic carbocycles. The summed E-state index contributed by atoms with van der Waals surface area (Å²) in [5, 5.41) is 13.3. The summed E-state index contributed by atoms with van der Waals surface area (Å²) in [4.78, 5) is 16.5. The van der Waals surface area contributed by atoms with Crippen molar-refractivity contribution in [1.29, 1.82) is 5.26 Å². The number of hydrogen-bond acceptors (Lipinski definition) is 6. The van der Waals surface area contributed by atoms with Gasteiger partial charge in [-0.15, -0.1) is 5.10 Å². The summed E-state index contributed by atoms with van der Waals surface area (Å²) in [6.07, 6.45) is 0. The first-order chi connectivity index (χ1) is 13.5. The normalized spacial score (nSPS) is 11.1. The van der Waals surface area contributed by atoms with Crippen molar-refractivity contribution < 1.29 is 4.42 Å². The highest BCUT2D eigenvalue weighted by molar-refractivity contribution is 5.51. The van der Waals surface area contributed by atoms with E-state index in [9.17, 15) is 4.79 Å². The van der Waals surface area contributed by atoms with Crippen molar-refractivity contribution >= 4 is 0 Å². The van der Waals surface area contributed by atoms with E-state index in [-0.39, 0.29) is 0 Å². The average Bonchev–Trinajstić information content (AvgIpc) is 3.07. The van der Waals surface area contributed by atoms with Gasteiger partial charge in [-0.05, 0) is 43.9 Å². The molecule has 0 saturated carbocycles. The zero-order valence-electron chi connectivity index (χ0n) is 16.1. The van der Waals surface area contributed by atoms with Crippen LogP contribution in [0.4, 0.5) is 0 Å². The standard InChI is InChI=1S/C21H23N5O2/c1-24(2)12-13-25(15-18-10-8-17(14-22)9-11-18)16-26-21(27)28-20(23-26)19-6-4-3-5-7-19/h3-11H,12-13,15-16H2,1-2H3. The molecule has 1 heterocycles. The maximum atomic E-state index is 12.3. The third kappa shape index (κ3) is 5.16. The molecule has 28 heavy (non-hydrogen) atoms. The summed E-state index contributed by atoms with van der Waals surface area (Å²) >= 11 is 0. The molecule has 0 aliphatic heterocycles. The molecule has 144 valence electrons.